The topological polar surface area (TPSA) is 58.4 Å². The number of hydrogen-bond acceptors (Lipinski definition) is 4. The summed E-state index contributed by atoms with van der Waals surface area (Å²) in [4.78, 5) is 19.1. The average molecular weight is 331 g/mol. The first-order valence-corrected chi connectivity index (χ1v) is 9.14. The van der Waals surface area contributed by atoms with Gasteiger partial charge in [0, 0.05) is 36.8 Å². The van der Waals surface area contributed by atoms with Gasteiger partial charge in [-0.25, -0.2) is 4.98 Å². The van der Waals surface area contributed by atoms with Gasteiger partial charge < -0.3 is 14.6 Å². The van der Waals surface area contributed by atoms with E-state index in [-0.39, 0.29) is 11.8 Å². The first-order chi connectivity index (χ1) is 11.2. The second kappa shape index (κ2) is 5.76. The standard InChI is InChI=1S/C17H21N3O2S/c21-15(14-12-23-16(18-14)19-8-3-4-9-19)20-10-7-17(22)6-2-1-5-13(17)11-20/h3-4,8-9,12-13,22H,1-2,5-7,10-11H2/t13-,17+/m1/s1. The lowest BCUT2D eigenvalue weighted by molar-refractivity contribution is -0.0886. The summed E-state index contributed by atoms with van der Waals surface area (Å²) < 4.78 is 1.91. The number of carbonyl (C=O) groups excluding carboxylic acids is 1. The van der Waals surface area contributed by atoms with Gasteiger partial charge in [-0.05, 0) is 31.4 Å². The van der Waals surface area contributed by atoms with Crippen LogP contribution in [0.3, 0.4) is 0 Å². The number of carbonyl (C=O) groups is 1. The number of fused-ring (bicyclic) bond motifs is 1. The molecule has 1 saturated carbocycles. The Hall–Kier alpha value is -1.66. The van der Waals surface area contributed by atoms with E-state index in [0.717, 1.165) is 30.8 Å². The molecule has 23 heavy (non-hydrogen) atoms. The van der Waals surface area contributed by atoms with Crippen LogP contribution in [0.25, 0.3) is 5.13 Å². The number of hydrogen-bond donors (Lipinski definition) is 1. The lowest BCUT2D eigenvalue weighted by atomic mass is 9.71. The first-order valence-electron chi connectivity index (χ1n) is 8.26. The van der Waals surface area contributed by atoms with Gasteiger partial charge in [0.15, 0.2) is 5.13 Å². The van der Waals surface area contributed by atoms with Crippen molar-refractivity contribution in [3.63, 3.8) is 0 Å². The maximum atomic E-state index is 12.7. The van der Waals surface area contributed by atoms with Crippen molar-refractivity contribution in [2.45, 2.75) is 37.7 Å². The minimum Gasteiger partial charge on any atom is -0.389 e. The number of piperidine rings is 1. The van der Waals surface area contributed by atoms with Gasteiger partial charge in [0.05, 0.1) is 5.60 Å². The number of amides is 1. The summed E-state index contributed by atoms with van der Waals surface area (Å²) in [6.07, 6.45) is 8.71. The maximum Gasteiger partial charge on any atom is 0.273 e. The van der Waals surface area contributed by atoms with E-state index in [9.17, 15) is 9.90 Å². The first kappa shape index (κ1) is 14.9. The lowest BCUT2D eigenvalue weighted by Crippen LogP contribution is -2.54. The Labute approximate surface area is 139 Å². The molecule has 1 aliphatic heterocycles. The number of rotatable bonds is 2. The quantitative estimate of drug-likeness (QED) is 0.920. The Bertz CT molecular complexity index is 697. The lowest BCUT2D eigenvalue weighted by Gasteiger charge is -2.47. The molecular weight excluding hydrogens is 310 g/mol. The fourth-order valence-corrected chi connectivity index (χ4v) is 4.63. The molecule has 2 aromatic heterocycles. The van der Waals surface area contributed by atoms with Crippen molar-refractivity contribution < 1.29 is 9.90 Å². The molecule has 2 atom stereocenters. The van der Waals surface area contributed by atoms with E-state index in [1.807, 2.05) is 39.4 Å². The molecular formula is C17H21N3O2S. The fraction of sp³-hybridized carbons (Fsp3) is 0.529. The van der Waals surface area contributed by atoms with Crippen LogP contribution in [-0.4, -0.2) is 44.2 Å². The van der Waals surface area contributed by atoms with Gasteiger partial charge in [-0.2, -0.15) is 0 Å². The summed E-state index contributed by atoms with van der Waals surface area (Å²) in [6.45, 7) is 1.29. The zero-order valence-electron chi connectivity index (χ0n) is 13.0. The van der Waals surface area contributed by atoms with E-state index < -0.39 is 5.60 Å². The molecule has 0 bridgehead atoms. The van der Waals surface area contributed by atoms with Gasteiger partial charge >= 0.3 is 0 Å². The number of likely N-dealkylation sites (tertiary alicyclic amines) is 1. The van der Waals surface area contributed by atoms with E-state index in [1.54, 1.807) is 0 Å². The Morgan fingerprint density at radius 3 is 2.96 bits per heavy atom. The zero-order valence-corrected chi connectivity index (χ0v) is 13.8. The number of aromatic nitrogens is 2. The zero-order chi connectivity index (χ0) is 15.9. The van der Waals surface area contributed by atoms with Crippen LogP contribution >= 0.6 is 11.3 Å². The van der Waals surface area contributed by atoms with E-state index in [4.69, 9.17) is 0 Å². The van der Waals surface area contributed by atoms with E-state index in [1.165, 1.54) is 11.3 Å². The third-order valence-electron chi connectivity index (χ3n) is 5.25. The molecule has 122 valence electrons. The van der Waals surface area contributed by atoms with Gasteiger partial charge in [0.25, 0.3) is 5.91 Å². The molecule has 1 saturated heterocycles. The maximum absolute atomic E-state index is 12.7. The monoisotopic (exact) mass is 331 g/mol. The van der Waals surface area contributed by atoms with Crippen molar-refractivity contribution in [2.24, 2.45) is 5.92 Å². The number of nitrogens with zero attached hydrogens (tertiary/aromatic N) is 3. The Kier molecular flexibility index (Phi) is 3.73. The molecule has 1 aliphatic carbocycles. The smallest absolute Gasteiger partial charge is 0.273 e. The Morgan fingerprint density at radius 2 is 2.13 bits per heavy atom. The molecule has 0 spiro atoms. The average Bonchev–Trinajstić information content (AvgIpc) is 3.24. The summed E-state index contributed by atoms with van der Waals surface area (Å²) in [5.41, 5.74) is -0.0344. The summed E-state index contributed by atoms with van der Waals surface area (Å²) in [7, 11) is 0. The molecule has 0 unspecified atom stereocenters. The van der Waals surface area contributed by atoms with Crippen LogP contribution in [0.1, 0.15) is 42.6 Å². The van der Waals surface area contributed by atoms with E-state index in [0.29, 0.717) is 25.2 Å². The molecule has 6 heteroatoms. The van der Waals surface area contributed by atoms with Crippen LogP contribution in [-0.2, 0) is 0 Å². The highest BCUT2D eigenvalue weighted by Crippen LogP contribution is 2.40. The van der Waals surface area contributed by atoms with Crippen molar-refractivity contribution in [2.75, 3.05) is 13.1 Å². The van der Waals surface area contributed by atoms with Crippen molar-refractivity contribution in [1.82, 2.24) is 14.5 Å². The van der Waals surface area contributed by atoms with E-state index >= 15 is 0 Å². The molecule has 2 aromatic rings. The van der Waals surface area contributed by atoms with Crippen molar-refractivity contribution in [1.29, 1.82) is 0 Å². The van der Waals surface area contributed by atoms with Gasteiger partial charge in [0.1, 0.15) is 5.69 Å². The summed E-state index contributed by atoms with van der Waals surface area (Å²) >= 11 is 1.48. The number of thiazole rings is 1. The minimum absolute atomic E-state index is 0.00715. The predicted molar refractivity (Wildman–Crippen MR) is 88.9 cm³/mol. The van der Waals surface area contributed by atoms with Gasteiger partial charge in [-0.15, -0.1) is 11.3 Å². The molecule has 0 radical (unpaired) electrons. The van der Waals surface area contributed by atoms with Crippen LogP contribution in [0, 0.1) is 5.92 Å². The van der Waals surface area contributed by atoms with Crippen molar-refractivity contribution >= 4 is 17.2 Å². The highest BCUT2D eigenvalue weighted by atomic mass is 32.1. The fourth-order valence-electron chi connectivity index (χ4n) is 3.86. The normalized spacial score (nSPS) is 27.7. The highest BCUT2D eigenvalue weighted by molar-refractivity contribution is 7.12. The third kappa shape index (κ3) is 2.70. The molecule has 2 aliphatic rings. The second-order valence-corrected chi connectivity index (χ2v) is 7.49. The predicted octanol–water partition coefficient (Wildman–Crippen LogP) is 2.70. The molecule has 5 nitrogen and oxygen atoms in total. The van der Waals surface area contributed by atoms with E-state index in [2.05, 4.69) is 4.98 Å². The van der Waals surface area contributed by atoms with Gasteiger partial charge in [-0.3, -0.25) is 4.79 Å². The molecule has 1 amide bonds. The number of aliphatic hydroxyl groups is 1. The van der Waals surface area contributed by atoms with Gasteiger partial charge in [-0.1, -0.05) is 12.8 Å². The van der Waals surface area contributed by atoms with Crippen LogP contribution in [0.5, 0.6) is 0 Å². The summed E-state index contributed by atoms with van der Waals surface area (Å²) in [5, 5.41) is 13.4. The van der Waals surface area contributed by atoms with Crippen LogP contribution < -0.4 is 0 Å². The summed E-state index contributed by atoms with van der Waals surface area (Å²) in [6, 6.07) is 3.88. The van der Waals surface area contributed by atoms with Crippen LogP contribution in [0.2, 0.25) is 0 Å². The summed E-state index contributed by atoms with van der Waals surface area (Å²) in [5.74, 6) is 0.212. The SMILES string of the molecule is O=C(c1csc(-n2cccc2)n1)N1CC[C@@]2(O)CCCC[C@@H]2C1. The molecule has 4 rings (SSSR count). The molecule has 1 N–H and O–H groups in total. The second-order valence-electron chi connectivity index (χ2n) is 6.65. The minimum atomic E-state index is -0.548. The van der Waals surface area contributed by atoms with Gasteiger partial charge in [0.2, 0.25) is 0 Å². The molecule has 0 aromatic carbocycles. The van der Waals surface area contributed by atoms with Crippen LogP contribution in [0.15, 0.2) is 29.9 Å². The highest BCUT2D eigenvalue weighted by Gasteiger charge is 2.44. The largest absolute Gasteiger partial charge is 0.389 e. The molecule has 3 heterocycles. The van der Waals surface area contributed by atoms with Crippen molar-refractivity contribution in [3.8, 4) is 5.13 Å². The van der Waals surface area contributed by atoms with Crippen molar-refractivity contribution in [3.05, 3.63) is 35.6 Å². The Morgan fingerprint density at radius 1 is 1.30 bits per heavy atom. The third-order valence-corrected chi connectivity index (χ3v) is 6.11. The molecule has 2 fully saturated rings. The Balaban J connectivity index is 1.49. The van der Waals surface area contributed by atoms with Crippen LogP contribution in [0.4, 0.5) is 0 Å².